The molecule has 3 unspecified atom stereocenters. The molecule has 1 aliphatic rings. The number of carbonyl (C=O) groups is 1. The number of halogens is 1. The fraction of sp³-hybridized carbons (Fsp3) is 0.435. The van der Waals surface area contributed by atoms with E-state index in [0.717, 1.165) is 28.9 Å². The van der Waals surface area contributed by atoms with Gasteiger partial charge in [0.25, 0.3) is 0 Å². The number of fused-ring (bicyclic) bond motifs is 1. The van der Waals surface area contributed by atoms with E-state index in [2.05, 4.69) is 16.9 Å². The van der Waals surface area contributed by atoms with Crippen LogP contribution in [0.5, 0.6) is 11.6 Å². The van der Waals surface area contributed by atoms with E-state index in [1.807, 2.05) is 47.6 Å². The van der Waals surface area contributed by atoms with Crippen LogP contribution in [0.15, 0.2) is 36.7 Å². The molecule has 1 fully saturated rings. The van der Waals surface area contributed by atoms with Crippen molar-refractivity contribution in [2.45, 2.75) is 45.9 Å². The lowest BCUT2D eigenvalue weighted by molar-refractivity contribution is -0.129. The molecule has 0 aliphatic carbocycles. The fourth-order valence-corrected chi connectivity index (χ4v) is 4.32. The maximum absolute atomic E-state index is 12.8. The van der Waals surface area contributed by atoms with Gasteiger partial charge in [-0.05, 0) is 38.5 Å². The van der Waals surface area contributed by atoms with Crippen LogP contribution in [-0.4, -0.2) is 45.1 Å². The maximum Gasteiger partial charge on any atom is 0.241 e. The molecule has 1 saturated heterocycles. The van der Waals surface area contributed by atoms with Crippen LogP contribution in [0.25, 0.3) is 11.0 Å². The molecule has 4 rings (SSSR count). The highest BCUT2D eigenvalue weighted by atomic mass is 35.5. The number of carbonyl (C=O) groups excluding carboxylic acids is 1. The minimum absolute atomic E-state index is 0.0202. The number of pyridine rings is 1. The number of methoxy groups -OCH3 is 1. The van der Waals surface area contributed by atoms with Crippen LogP contribution in [0.1, 0.15) is 38.8 Å². The van der Waals surface area contributed by atoms with Gasteiger partial charge in [-0.25, -0.2) is 4.98 Å². The second-order valence-corrected chi connectivity index (χ2v) is 8.32. The summed E-state index contributed by atoms with van der Waals surface area (Å²) in [5, 5.41) is 0.341. The summed E-state index contributed by atoms with van der Waals surface area (Å²) in [6.07, 6.45) is 2.00. The third-order valence-corrected chi connectivity index (χ3v) is 6.28. The van der Waals surface area contributed by atoms with Crippen molar-refractivity contribution < 1.29 is 14.3 Å². The highest BCUT2D eigenvalue weighted by Crippen LogP contribution is 2.33. The number of rotatable bonds is 7. The van der Waals surface area contributed by atoms with Crippen molar-refractivity contribution >= 4 is 28.5 Å². The van der Waals surface area contributed by atoms with E-state index in [4.69, 9.17) is 21.1 Å². The van der Waals surface area contributed by atoms with Gasteiger partial charge < -0.3 is 18.9 Å². The van der Waals surface area contributed by atoms with E-state index in [1.165, 1.54) is 0 Å². The van der Waals surface area contributed by atoms with Gasteiger partial charge in [-0.3, -0.25) is 4.79 Å². The summed E-state index contributed by atoms with van der Waals surface area (Å²) in [5.74, 6) is 1.45. The number of benzene rings is 1. The van der Waals surface area contributed by atoms with E-state index in [1.54, 1.807) is 19.5 Å². The molecule has 1 amide bonds. The van der Waals surface area contributed by atoms with Crippen molar-refractivity contribution in [1.29, 1.82) is 0 Å². The molecule has 1 aliphatic heterocycles. The minimum Gasteiger partial charge on any atom is -0.497 e. The highest BCUT2D eigenvalue weighted by molar-refractivity contribution is 6.30. The molecule has 7 nitrogen and oxygen atoms in total. The predicted octanol–water partition coefficient (Wildman–Crippen LogP) is 4.49. The van der Waals surface area contributed by atoms with Crippen LogP contribution < -0.4 is 9.47 Å². The van der Waals surface area contributed by atoms with Crippen molar-refractivity contribution in [1.82, 2.24) is 19.4 Å². The van der Waals surface area contributed by atoms with Gasteiger partial charge >= 0.3 is 0 Å². The largest absolute Gasteiger partial charge is 0.497 e. The van der Waals surface area contributed by atoms with Gasteiger partial charge in [0.15, 0.2) is 0 Å². The van der Waals surface area contributed by atoms with Gasteiger partial charge in [0.1, 0.15) is 22.5 Å². The number of imidazole rings is 1. The van der Waals surface area contributed by atoms with Crippen LogP contribution in [0.4, 0.5) is 0 Å². The molecule has 0 spiro atoms. The van der Waals surface area contributed by atoms with E-state index >= 15 is 0 Å². The number of likely N-dealkylation sites (tertiary alicyclic amines) is 1. The monoisotopic (exact) mass is 442 g/mol. The number of aryl methyl sites for hydroxylation is 1. The summed E-state index contributed by atoms with van der Waals surface area (Å²) >= 11 is 6.19. The van der Waals surface area contributed by atoms with E-state index < -0.39 is 0 Å². The van der Waals surface area contributed by atoms with Crippen LogP contribution in [0.2, 0.25) is 5.15 Å². The van der Waals surface area contributed by atoms with Gasteiger partial charge in [0, 0.05) is 31.5 Å². The van der Waals surface area contributed by atoms with E-state index in [-0.39, 0.29) is 24.0 Å². The Kier molecular flexibility index (Phi) is 6.05. The summed E-state index contributed by atoms with van der Waals surface area (Å²) < 4.78 is 13.5. The van der Waals surface area contributed by atoms with Crippen molar-refractivity contribution in [3.8, 4) is 11.6 Å². The normalized spacial score (nSPS) is 18.4. The summed E-state index contributed by atoms with van der Waals surface area (Å²) in [7, 11) is 1.64. The van der Waals surface area contributed by atoms with Crippen molar-refractivity contribution in [2.75, 3.05) is 13.7 Å². The minimum atomic E-state index is -0.202. The van der Waals surface area contributed by atoms with Crippen molar-refractivity contribution in [3.63, 3.8) is 0 Å². The molecule has 0 saturated carbocycles. The second-order valence-electron chi connectivity index (χ2n) is 7.93. The lowest BCUT2D eigenvalue weighted by Crippen LogP contribution is -2.31. The molecule has 0 radical (unpaired) electrons. The van der Waals surface area contributed by atoms with Crippen LogP contribution >= 0.6 is 11.6 Å². The zero-order valence-electron chi connectivity index (χ0n) is 18.2. The van der Waals surface area contributed by atoms with Gasteiger partial charge in [0.2, 0.25) is 11.8 Å². The third-order valence-electron chi connectivity index (χ3n) is 6.09. The number of nitrogens with zero attached hydrogens (tertiary/aromatic N) is 4. The summed E-state index contributed by atoms with van der Waals surface area (Å²) in [4.78, 5) is 23.5. The summed E-state index contributed by atoms with van der Waals surface area (Å²) in [6, 6.07) is 9.56. The number of aromatic nitrogens is 3. The highest BCUT2D eigenvalue weighted by Gasteiger charge is 2.37. The smallest absolute Gasteiger partial charge is 0.241 e. The maximum atomic E-state index is 12.8. The third kappa shape index (κ3) is 4.19. The van der Waals surface area contributed by atoms with Gasteiger partial charge in [-0.1, -0.05) is 23.7 Å². The molecule has 8 heteroatoms. The molecule has 0 N–H and O–H groups in total. The summed E-state index contributed by atoms with van der Waals surface area (Å²) in [5.41, 5.74) is 2.65. The molecule has 31 heavy (non-hydrogen) atoms. The van der Waals surface area contributed by atoms with Gasteiger partial charge in [-0.2, -0.15) is 4.98 Å². The van der Waals surface area contributed by atoms with E-state index in [0.29, 0.717) is 24.0 Å². The average Bonchev–Trinajstić information content (AvgIpc) is 3.36. The SMILES string of the molecule is CCn1cnc2cc(Cl)nc(OC(C)C3CC(=O)N(C(C)c4ccc(OC)cc4)C3)c21. The Morgan fingerprint density at radius 2 is 2.00 bits per heavy atom. The Labute approximate surface area is 186 Å². The van der Waals surface area contributed by atoms with Crippen LogP contribution in [-0.2, 0) is 11.3 Å². The molecular weight excluding hydrogens is 416 g/mol. The molecule has 3 atom stereocenters. The first kappa shape index (κ1) is 21.4. The molecule has 0 bridgehead atoms. The Morgan fingerprint density at radius 3 is 2.68 bits per heavy atom. The Morgan fingerprint density at radius 1 is 1.26 bits per heavy atom. The Bertz CT molecular complexity index is 1080. The first-order chi connectivity index (χ1) is 14.9. The number of ether oxygens (including phenoxy) is 2. The topological polar surface area (TPSA) is 69.5 Å². The van der Waals surface area contributed by atoms with Crippen molar-refractivity contribution in [2.24, 2.45) is 5.92 Å². The lowest BCUT2D eigenvalue weighted by Gasteiger charge is -2.26. The molecule has 3 heterocycles. The lowest BCUT2D eigenvalue weighted by atomic mass is 10.0. The molecule has 2 aromatic heterocycles. The quantitative estimate of drug-likeness (QED) is 0.504. The van der Waals surface area contributed by atoms with Crippen LogP contribution in [0.3, 0.4) is 0 Å². The summed E-state index contributed by atoms with van der Waals surface area (Å²) in [6.45, 7) is 7.45. The number of hydrogen-bond donors (Lipinski definition) is 0. The first-order valence-electron chi connectivity index (χ1n) is 10.5. The number of amides is 1. The zero-order valence-corrected chi connectivity index (χ0v) is 19.0. The second kappa shape index (κ2) is 8.75. The molecular formula is C23H27ClN4O3. The standard InChI is InChI=1S/C23H27ClN4O3/c1-5-27-13-25-19-11-20(24)26-23(22(19)27)31-15(3)17-10-21(29)28(12-17)14(2)16-6-8-18(30-4)9-7-16/h6-9,11,13-15,17H,5,10,12H2,1-4H3. The molecule has 1 aromatic carbocycles. The number of hydrogen-bond acceptors (Lipinski definition) is 5. The Balaban J connectivity index is 1.50. The van der Waals surface area contributed by atoms with Crippen molar-refractivity contribution in [3.05, 3.63) is 47.4 Å². The first-order valence-corrected chi connectivity index (χ1v) is 10.9. The average molecular weight is 443 g/mol. The fourth-order valence-electron chi connectivity index (χ4n) is 4.14. The van der Waals surface area contributed by atoms with Crippen LogP contribution in [0, 0.1) is 5.92 Å². The molecule has 164 valence electrons. The van der Waals surface area contributed by atoms with Gasteiger partial charge in [-0.15, -0.1) is 0 Å². The Hall–Kier alpha value is -2.80. The zero-order chi connectivity index (χ0) is 22.1. The van der Waals surface area contributed by atoms with E-state index in [9.17, 15) is 4.79 Å². The predicted molar refractivity (Wildman–Crippen MR) is 120 cm³/mol. The van der Waals surface area contributed by atoms with Gasteiger partial charge in [0.05, 0.1) is 25.0 Å². The molecule has 3 aromatic rings.